The fourth-order valence-corrected chi connectivity index (χ4v) is 1.62. The van der Waals surface area contributed by atoms with Crippen LogP contribution in [0.3, 0.4) is 0 Å². The van der Waals surface area contributed by atoms with Crippen LogP contribution in [0.1, 0.15) is 12.0 Å². The molecule has 1 rings (SSSR count). The summed E-state index contributed by atoms with van der Waals surface area (Å²) in [6, 6.07) is 7.98. The van der Waals surface area contributed by atoms with E-state index in [0.29, 0.717) is 6.61 Å². The third kappa shape index (κ3) is 5.32. The highest BCUT2D eigenvalue weighted by Gasteiger charge is 1.95. The zero-order valence-corrected chi connectivity index (χ0v) is 9.64. The van der Waals surface area contributed by atoms with Gasteiger partial charge < -0.3 is 10.5 Å². The van der Waals surface area contributed by atoms with Crippen molar-refractivity contribution in [2.24, 2.45) is 5.73 Å². The summed E-state index contributed by atoms with van der Waals surface area (Å²) in [6.07, 6.45) is 0.901. The van der Waals surface area contributed by atoms with Crippen LogP contribution < -0.4 is 10.5 Å². The lowest BCUT2D eigenvalue weighted by Crippen LogP contribution is -2.06. The van der Waals surface area contributed by atoms with Gasteiger partial charge in [0.25, 0.3) is 0 Å². The quantitative estimate of drug-likeness (QED) is 0.458. The Hall–Kier alpha value is -1.16. The summed E-state index contributed by atoms with van der Waals surface area (Å²) in [5, 5.41) is 7.19. The summed E-state index contributed by atoms with van der Waals surface area (Å²) in [5.41, 5.74) is 6.41. The molecule has 0 aliphatic heterocycles. The lowest BCUT2D eigenvalue weighted by molar-refractivity contribution is 0.318. The number of hydrogen-bond acceptors (Lipinski definition) is 3. The van der Waals surface area contributed by atoms with Crippen molar-refractivity contribution in [3.05, 3.63) is 29.8 Å². The first-order valence-electron chi connectivity index (χ1n) is 4.85. The van der Waals surface area contributed by atoms with Gasteiger partial charge in [-0.05, 0) is 31.0 Å². The Kier molecular flexibility index (Phi) is 5.04. The molecule has 15 heavy (non-hydrogen) atoms. The molecule has 0 aliphatic rings. The molecule has 0 heterocycles. The monoisotopic (exact) mass is 224 g/mol. The molecule has 1 aromatic carbocycles. The first-order chi connectivity index (χ1) is 7.18. The van der Waals surface area contributed by atoms with Crippen LogP contribution in [0.15, 0.2) is 24.3 Å². The van der Waals surface area contributed by atoms with Crippen molar-refractivity contribution in [3.63, 3.8) is 0 Å². The Morgan fingerprint density at radius 1 is 1.53 bits per heavy atom. The van der Waals surface area contributed by atoms with Crippen molar-refractivity contribution in [1.29, 1.82) is 5.41 Å². The van der Waals surface area contributed by atoms with Crippen molar-refractivity contribution >= 4 is 16.9 Å². The molecule has 82 valence electrons. The van der Waals surface area contributed by atoms with Crippen LogP contribution in [0.4, 0.5) is 0 Å². The summed E-state index contributed by atoms with van der Waals surface area (Å²) in [6.45, 7) is 2.71. The number of benzene rings is 1. The number of nitrogens with one attached hydrogen (secondary N) is 1. The second-order valence-corrected chi connectivity index (χ2v) is 4.37. The van der Waals surface area contributed by atoms with Crippen molar-refractivity contribution < 1.29 is 4.74 Å². The summed E-state index contributed by atoms with van der Waals surface area (Å²) in [7, 11) is 0. The van der Waals surface area contributed by atoms with Crippen molar-refractivity contribution in [2.45, 2.75) is 13.3 Å². The SMILES string of the molecule is Cc1cccc(OCCCSC(=N)N)c1. The number of thioether (sulfide) groups is 1. The van der Waals surface area contributed by atoms with Crippen LogP contribution in [0.5, 0.6) is 5.75 Å². The van der Waals surface area contributed by atoms with Crippen LogP contribution in [-0.2, 0) is 0 Å². The molecule has 0 aromatic heterocycles. The van der Waals surface area contributed by atoms with E-state index in [-0.39, 0.29) is 5.17 Å². The molecule has 0 saturated heterocycles. The second kappa shape index (κ2) is 6.35. The highest BCUT2D eigenvalue weighted by molar-refractivity contribution is 8.13. The van der Waals surface area contributed by atoms with Gasteiger partial charge in [-0.2, -0.15) is 0 Å². The number of nitrogens with two attached hydrogens (primary N) is 1. The van der Waals surface area contributed by atoms with E-state index < -0.39 is 0 Å². The Labute approximate surface area is 94.5 Å². The van der Waals surface area contributed by atoms with E-state index in [4.69, 9.17) is 15.9 Å². The number of ether oxygens (including phenoxy) is 1. The van der Waals surface area contributed by atoms with E-state index >= 15 is 0 Å². The Morgan fingerprint density at radius 3 is 3.00 bits per heavy atom. The smallest absolute Gasteiger partial charge is 0.151 e. The van der Waals surface area contributed by atoms with E-state index in [2.05, 4.69) is 0 Å². The minimum Gasteiger partial charge on any atom is -0.494 e. The maximum atomic E-state index is 7.02. The van der Waals surface area contributed by atoms with Gasteiger partial charge in [0, 0.05) is 5.75 Å². The van der Waals surface area contributed by atoms with E-state index in [9.17, 15) is 0 Å². The molecule has 0 unspecified atom stereocenters. The predicted molar refractivity (Wildman–Crippen MR) is 65.7 cm³/mol. The molecule has 0 amide bonds. The Balaban J connectivity index is 2.17. The normalized spacial score (nSPS) is 9.93. The third-order valence-corrected chi connectivity index (χ3v) is 2.61. The van der Waals surface area contributed by atoms with Gasteiger partial charge >= 0.3 is 0 Å². The predicted octanol–water partition coefficient (Wildman–Crippen LogP) is 2.39. The van der Waals surface area contributed by atoms with Gasteiger partial charge in [-0.1, -0.05) is 23.9 Å². The lowest BCUT2D eigenvalue weighted by Gasteiger charge is -2.06. The zero-order valence-electron chi connectivity index (χ0n) is 8.82. The van der Waals surface area contributed by atoms with Gasteiger partial charge in [0.2, 0.25) is 0 Å². The van der Waals surface area contributed by atoms with Crippen LogP contribution in [0.2, 0.25) is 0 Å². The fourth-order valence-electron chi connectivity index (χ4n) is 1.14. The molecule has 1 aromatic rings. The molecule has 0 atom stereocenters. The minimum atomic E-state index is 0.172. The standard InChI is InChI=1S/C11H16N2OS/c1-9-4-2-5-10(8-9)14-6-3-7-15-11(12)13/h2,4-5,8H,3,6-7H2,1H3,(H3,12,13). The van der Waals surface area contributed by atoms with Crippen LogP contribution in [-0.4, -0.2) is 17.5 Å². The van der Waals surface area contributed by atoms with E-state index in [1.54, 1.807) is 0 Å². The van der Waals surface area contributed by atoms with Gasteiger partial charge in [-0.15, -0.1) is 0 Å². The molecule has 0 fully saturated rings. The van der Waals surface area contributed by atoms with Crippen LogP contribution in [0, 0.1) is 12.3 Å². The molecule has 0 bridgehead atoms. The van der Waals surface area contributed by atoms with E-state index in [0.717, 1.165) is 17.9 Å². The van der Waals surface area contributed by atoms with Crippen molar-refractivity contribution in [3.8, 4) is 5.75 Å². The van der Waals surface area contributed by atoms with Gasteiger partial charge in [-0.25, -0.2) is 0 Å². The largest absolute Gasteiger partial charge is 0.494 e. The molecule has 0 spiro atoms. The first kappa shape index (κ1) is 11.9. The van der Waals surface area contributed by atoms with Gasteiger partial charge in [0.15, 0.2) is 5.17 Å². The summed E-state index contributed by atoms with van der Waals surface area (Å²) in [5.74, 6) is 1.74. The van der Waals surface area contributed by atoms with Gasteiger partial charge in [0.1, 0.15) is 5.75 Å². The molecule has 0 saturated carbocycles. The molecule has 3 N–H and O–H groups in total. The molecular weight excluding hydrogens is 208 g/mol. The fraction of sp³-hybridized carbons (Fsp3) is 0.364. The highest BCUT2D eigenvalue weighted by Crippen LogP contribution is 2.12. The number of amidine groups is 1. The average molecular weight is 224 g/mol. The topological polar surface area (TPSA) is 59.1 Å². The summed E-state index contributed by atoms with van der Waals surface area (Å²) >= 11 is 1.35. The minimum absolute atomic E-state index is 0.172. The lowest BCUT2D eigenvalue weighted by atomic mass is 10.2. The average Bonchev–Trinajstić information content (AvgIpc) is 2.17. The molecule has 0 aliphatic carbocycles. The van der Waals surface area contributed by atoms with Crippen molar-refractivity contribution in [2.75, 3.05) is 12.4 Å². The van der Waals surface area contributed by atoms with Crippen LogP contribution in [0.25, 0.3) is 0 Å². The van der Waals surface area contributed by atoms with Gasteiger partial charge in [-0.3, -0.25) is 5.41 Å². The first-order valence-corrected chi connectivity index (χ1v) is 5.83. The highest BCUT2D eigenvalue weighted by atomic mass is 32.2. The van der Waals surface area contributed by atoms with E-state index in [1.807, 2.05) is 31.2 Å². The molecule has 4 heteroatoms. The maximum Gasteiger partial charge on any atom is 0.151 e. The molecular formula is C11H16N2OS. The third-order valence-electron chi connectivity index (χ3n) is 1.80. The van der Waals surface area contributed by atoms with Crippen molar-refractivity contribution in [1.82, 2.24) is 0 Å². The number of hydrogen-bond donors (Lipinski definition) is 2. The molecule has 3 nitrogen and oxygen atoms in total. The maximum absolute atomic E-state index is 7.02. The summed E-state index contributed by atoms with van der Waals surface area (Å²) < 4.78 is 5.54. The zero-order chi connectivity index (χ0) is 11.1. The second-order valence-electron chi connectivity index (χ2n) is 3.23. The number of rotatable bonds is 5. The summed E-state index contributed by atoms with van der Waals surface area (Å²) in [4.78, 5) is 0. The number of aryl methyl sites for hydroxylation is 1. The van der Waals surface area contributed by atoms with Gasteiger partial charge in [0.05, 0.1) is 6.61 Å². The molecule has 0 radical (unpaired) electrons. The van der Waals surface area contributed by atoms with Crippen LogP contribution >= 0.6 is 11.8 Å². The Morgan fingerprint density at radius 2 is 2.33 bits per heavy atom. The van der Waals surface area contributed by atoms with E-state index in [1.165, 1.54) is 17.3 Å². The Bertz CT molecular complexity index is 328.